The Balaban J connectivity index is 2.19. The maximum atomic E-state index is 12.5. The normalized spacial score (nSPS) is 15.1. The van der Waals surface area contributed by atoms with Crippen molar-refractivity contribution in [2.75, 3.05) is 45.3 Å². The van der Waals surface area contributed by atoms with Gasteiger partial charge in [-0.1, -0.05) is 0 Å². The lowest BCUT2D eigenvalue weighted by Crippen LogP contribution is -2.44. The van der Waals surface area contributed by atoms with E-state index in [1.165, 1.54) is 0 Å². The summed E-state index contributed by atoms with van der Waals surface area (Å²) in [6, 6.07) is 1.75. The highest BCUT2D eigenvalue weighted by molar-refractivity contribution is 5.86. The van der Waals surface area contributed by atoms with Crippen molar-refractivity contribution in [3.63, 3.8) is 0 Å². The lowest BCUT2D eigenvalue weighted by molar-refractivity contribution is 0.354. The van der Waals surface area contributed by atoms with Crippen LogP contribution in [-0.2, 0) is 0 Å². The number of aromatic amines is 1. The second-order valence-electron chi connectivity index (χ2n) is 5.26. The average molecular weight is 304 g/mol. The molecule has 1 aromatic carbocycles. The quantitative estimate of drug-likeness (QED) is 0.867. The molecule has 0 radical (unpaired) electrons. The Labute approximate surface area is 128 Å². The molecule has 0 spiro atoms. The molecule has 1 saturated heterocycles. The predicted molar refractivity (Wildman–Crippen MR) is 85.3 cm³/mol. The summed E-state index contributed by atoms with van der Waals surface area (Å²) < 4.78 is 10.7. The van der Waals surface area contributed by atoms with Crippen molar-refractivity contribution < 1.29 is 9.47 Å². The summed E-state index contributed by atoms with van der Waals surface area (Å²) in [5, 5.41) is 3.82. The van der Waals surface area contributed by atoms with Crippen LogP contribution < -0.4 is 25.2 Å². The van der Waals surface area contributed by atoms with Crippen molar-refractivity contribution in [2.45, 2.75) is 6.92 Å². The molecule has 0 atom stereocenters. The zero-order chi connectivity index (χ0) is 15.7. The number of nitrogens with one attached hydrogen (secondary N) is 2. The Bertz CT molecular complexity index is 751. The second-order valence-corrected chi connectivity index (χ2v) is 5.26. The minimum absolute atomic E-state index is 0.156. The van der Waals surface area contributed by atoms with Crippen LogP contribution in [0.15, 0.2) is 10.9 Å². The number of aryl methyl sites for hydroxylation is 1. The number of hydrogen-bond acceptors (Lipinski definition) is 6. The van der Waals surface area contributed by atoms with Gasteiger partial charge in [-0.2, -0.15) is 0 Å². The van der Waals surface area contributed by atoms with Gasteiger partial charge < -0.3 is 19.7 Å². The lowest BCUT2D eigenvalue weighted by atomic mass is 10.1. The molecule has 1 aliphatic heterocycles. The number of aromatic nitrogens is 2. The van der Waals surface area contributed by atoms with Gasteiger partial charge in [0.25, 0.3) is 5.56 Å². The van der Waals surface area contributed by atoms with Crippen molar-refractivity contribution in [2.24, 2.45) is 0 Å². The Morgan fingerprint density at radius 1 is 1.23 bits per heavy atom. The van der Waals surface area contributed by atoms with Gasteiger partial charge in [-0.15, -0.1) is 0 Å². The Hall–Kier alpha value is -2.28. The van der Waals surface area contributed by atoms with Gasteiger partial charge in [-0.05, 0) is 6.92 Å². The smallest absolute Gasteiger partial charge is 0.260 e. The monoisotopic (exact) mass is 304 g/mol. The zero-order valence-electron chi connectivity index (χ0n) is 13.0. The van der Waals surface area contributed by atoms with Gasteiger partial charge >= 0.3 is 0 Å². The fraction of sp³-hybridized carbons (Fsp3) is 0.467. The molecule has 2 heterocycles. The molecule has 118 valence electrons. The minimum Gasteiger partial charge on any atom is -0.493 e. The third kappa shape index (κ3) is 2.37. The van der Waals surface area contributed by atoms with E-state index in [9.17, 15) is 4.79 Å². The number of methoxy groups -OCH3 is 2. The molecule has 7 heteroatoms. The Kier molecular flexibility index (Phi) is 3.89. The number of benzene rings is 1. The van der Waals surface area contributed by atoms with Crippen molar-refractivity contribution >= 4 is 16.9 Å². The van der Waals surface area contributed by atoms with Gasteiger partial charge in [-0.3, -0.25) is 9.78 Å². The van der Waals surface area contributed by atoms with Crippen LogP contribution in [-0.4, -0.2) is 50.4 Å². The number of anilines is 1. The summed E-state index contributed by atoms with van der Waals surface area (Å²) in [4.78, 5) is 22.1. The van der Waals surface area contributed by atoms with Crippen LogP contribution in [0.25, 0.3) is 10.9 Å². The van der Waals surface area contributed by atoms with Crippen molar-refractivity contribution in [1.82, 2.24) is 15.3 Å². The van der Waals surface area contributed by atoms with E-state index in [0.717, 1.165) is 31.7 Å². The third-order valence-electron chi connectivity index (χ3n) is 3.98. The number of hydrogen-bond donors (Lipinski definition) is 2. The van der Waals surface area contributed by atoms with Gasteiger partial charge in [-0.25, -0.2) is 4.98 Å². The zero-order valence-corrected chi connectivity index (χ0v) is 13.0. The van der Waals surface area contributed by atoms with Crippen LogP contribution in [0.2, 0.25) is 0 Å². The molecular weight excluding hydrogens is 284 g/mol. The molecule has 22 heavy (non-hydrogen) atoms. The topological polar surface area (TPSA) is 79.5 Å². The number of fused-ring (bicyclic) bond motifs is 1. The highest BCUT2D eigenvalue weighted by atomic mass is 16.5. The van der Waals surface area contributed by atoms with Crippen LogP contribution in [0.3, 0.4) is 0 Å². The van der Waals surface area contributed by atoms with Crippen LogP contribution in [0.1, 0.15) is 5.56 Å². The van der Waals surface area contributed by atoms with E-state index < -0.39 is 0 Å². The maximum absolute atomic E-state index is 12.5. The van der Waals surface area contributed by atoms with E-state index in [4.69, 9.17) is 9.47 Å². The van der Waals surface area contributed by atoms with Gasteiger partial charge in [0.2, 0.25) is 5.95 Å². The largest absolute Gasteiger partial charge is 0.493 e. The first-order chi connectivity index (χ1) is 10.7. The van der Waals surface area contributed by atoms with Crippen molar-refractivity contribution in [1.29, 1.82) is 0 Å². The van der Waals surface area contributed by atoms with Crippen LogP contribution in [0.4, 0.5) is 5.95 Å². The number of H-pyrrole nitrogens is 1. The lowest BCUT2D eigenvalue weighted by Gasteiger charge is -2.28. The van der Waals surface area contributed by atoms with E-state index in [1.54, 1.807) is 20.3 Å². The average Bonchev–Trinajstić information content (AvgIpc) is 2.54. The van der Waals surface area contributed by atoms with E-state index in [0.29, 0.717) is 28.4 Å². The van der Waals surface area contributed by atoms with Gasteiger partial charge in [0, 0.05) is 37.8 Å². The number of rotatable bonds is 3. The summed E-state index contributed by atoms with van der Waals surface area (Å²) in [5.41, 5.74) is 1.20. The third-order valence-corrected chi connectivity index (χ3v) is 3.98. The van der Waals surface area contributed by atoms with E-state index in [2.05, 4.69) is 20.2 Å². The first-order valence-corrected chi connectivity index (χ1v) is 7.27. The van der Waals surface area contributed by atoms with E-state index >= 15 is 0 Å². The molecule has 1 aromatic heterocycles. The first kappa shape index (κ1) is 14.6. The second kappa shape index (κ2) is 5.84. The Morgan fingerprint density at radius 3 is 2.59 bits per heavy atom. The summed E-state index contributed by atoms with van der Waals surface area (Å²) in [6.07, 6.45) is 0. The molecule has 0 saturated carbocycles. The molecule has 2 aromatic rings. The fourth-order valence-corrected chi connectivity index (χ4v) is 2.86. The van der Waals surface area contributed by atoms with E-state index in [1.807, 2.05) is 6.92 Å². The molecule has 0 unspecified atom stereocenters. The van der Waals surface area contributed by atoms with Gasteiger partial charge in [0.1, 0.15) is 0 Å². The standard InChI is InChI=1S/C15H20N4O3/c1-9-12-10(8-11(21-2)13(9)22-3)17-15(18-14(12)20)19-6-4-16-5-7-19/h8,16H,4-7H2,1-3H3,(H,17,18,20). The minimum atomic E-state index is -0.156. The summed E-state index contributed by atoms with van der Waals surface area (Å²) >= 11 is 0. The molecule has 3 rings (SSSR count). The van der Waals surface area contributed by atoms with Crippen molar-refractivity contribution in [3.8, 4) is 11.5 Å². The number of piperazine rings is 1. The van der Waals surface area contributed by atoms with Gasteiger partial charge in [0.05, 0.1) is 25.1 Å². The number of ether oxygens (including phenoxy) is 2. The highest BCUT2D eigenvalue weighted by Gasteiger charge is 2.18. The van der Waals surface area contributed by atoms with E-state index in [-0.39, 0.29) is 5.56 Å². The molecule has 2 N–H and O–H groups in total. The molecular formula is C15H20N4O3. The SMILES string of the molecule is COc1cc2nc(N3CCNCC3)[nH]c(=O)c2c(C)c1OC. The highest BCUT2D eigenvalue weighted by Crippen LogP contribution is 2.35. The summed E-state index contributed by atoms with van der Waals surface area (Å²) in [6.45, 7) is 5.24. The van der Waals surface area contributed by atoms with Crippen molar-refractivity contribution in [3.05, 3.63) is 22.0 Å². The first-order valence-electron chi connectivity index (χ1n) is 7.27. The predicted octanol–water partition coefficient (Wildman–Crippen LogP) is 0.658. The molecule has 1 fully saturated rings. The van der Waals surface area contributed by atoms with Crippen LogP contribution in [0.5, 0.6) is 11.5 Å². The van der Waals surface area contributed by atoms with Gasteiger partial charge in [0.15, 0.2) is 11.5 Å². The summed E-state index contributed by atoms with van der Waals surface area (Å²) in [5.74, 6) is 1.75. The molecule has 1 aliphatic rings. The maximum Gasteiger partial charge on any atom is 0.260 e. The Morgan fingerprint density at radius 2 is 1.95 bits per heavy atom. The van der Waals surface area contributed by atoms with Crippen LogP contribution >= 0.6 is 0 Å². The molecule has 0 aliphatic carbocycles. The molecule has 0 amide bonds. The van der Waals surface area contributed by atoms with Crippen LogP contribution in [0, 0.1) is 6.92 Å². The number of nitrogens with zero attached hydrogens (tertiary/aromatic N) is 2. The molecule has 0 bridgehead atoms. The summed E-state index contributed by atoms with van der Waals surface area (Å²) in [7, 11) is 3.14. The fourth-order valence-electron chi connectivity index (χ4n) is 2.86. The molecule has 7 nitrogen and oxygen atoms in total.